The number of aryl methyl sites for hydroxylation is 1. The molecular formula is C20H18N4O3. The van der Waals surface area contributed by atoms with Crippen LogP contribution in [0.3, 0.4) is 0 Å². The fourth-order valence-corrected chi connectivity index (χ4v) is 3.91. The van der Waals surface area contributed by atoms with Gasteiger partial charge in [0.05, 0.1) is 29.1 Å². The van der Waals surface area contributed by atoms with Gasteiger partial charge in [0.25, 0.3) is 5.91 Å². The van der Waals surface area contributed by atoms with E-state index >= 15 is 0 Å². The lowest BCUT2D eigenvalue weighted by Gasteiger charge is -2.26. The molecule has 7 nitrogen and oxygen atoms in total. The average Bonchev–Trinajstić information content (AvgIpc) is 3.33. The highest BCUT2D eigenvalue weighted by atomic mass is 16.3. The van der Waals surface area contributed by atoms with Crippen LogP contribution in [0.2, 0.25) is 0 Å². The van der Waals surface area contributed by atoms with Crippen molar-refractivity contribution in [3.63, 3.8) is 0 Å². The number of carbonyl (C=O) groups excluding carboxylic acids is 2. The first-order chi connectivity index (χ1) is 13.2. The zero-order chi connectivity index (χ0) is 18.4. The number of carbonyl (C=O) groups is 2. The van der Waals surface area contributed by atoms with Gasteiger partial charge < -0.3 is 9.32 Å². The van der Waals surface area contributed by atoms with E-state index in [2.05, 4.69) is 10.3 Å². The second kappa shape index (κ2) is 6.19. The van der Waals surface area contributed by atoms with Crippen molar-refractivity contribution >= 4 is 11.7 Å². The molecule has 136 valence electrons. The number of Topliss-reactive ketones (excluding diaryl/α,β-unsaturated/α-hetero) is 1. The minimum atomic E-state index is -0.171. The molecule has 1 amide bonds. The smallest absolute Gasteiger partial charge is 0.258 e. The molecule has 0 unspecified atom stereocenters. The topological polar surface area (TPSA) is 81.2 Å². The predicted molar refractivity (Wildman–Crippen MR) is 95.8 cm³/mol. The van der Waals surface area contributed by atoms with E-state index in [-0.39, 0.29) is 11.7 Å². The van der Waals surface area contributed by atoms with Crippen LogP contribution in [-0.2, 0) is 19.4 Å². The number of ketones is 1. The number of nitrogens with zero attached hydrogens (tertiary/aromatic N) is 4. The van der Waals surface area contributed by atoms with E-state index in [1.807, 2.05) is 35.0 Å². The van der Waals surface area contributed by atoms with E-state index in [1.54, 1.807) is 4.90 Å². The summed E-state index contributed by atoms with van der Waals surface area (Å²) in [6.07, 6.45) is 4.07. The standard InChI is InChI=1S/C20H18N4O3/c25-17-7-4-8-18-19(17)14(12-27-18)20(26)23-10-9-16-15(11-23)21-22-24(16)13-5-2-1-3-6-13/h1-3,5-6,12H,4,7-11H2. The lowest BCUT2D eigenvalue weighted by molar-refractivity contribution is 0.0726. The highest BCUT2D eigenvalue weighted by Gasteiger charge is 2.32. The summed E-state index contributed by atoms with van der Waals surface area (Å²) in [6.45, 7) is 0.940. The van der Waals surface area contributed by atoms with Crippen molar-refractivity contribution in [3.8, 4) is 5.69 Å². The zero-order valence-electron chi connectivity index (χ0n) is 14.7. The Morgan fingerprint density at radius 3 is 2.81 bits per heavy atom. The number of hydrogen-bond acceptors (Lipinski definition) is 5. The quantitative estimate of drug-likeness (QED) is 0.700. The molecule has 0 atom stereocenters. The van der Waals surface area contributed by atoms with Gasteiger partial charge in [0, 0.05) is 25.8 Å². The van der Waals surface area contributed by atoms with Crippen molar-refractivity contribution in [3.05, 3.63) is 64.9 Å². The summed E-state index contributed by atoms with van der Waals surface area (Å²) in [7, 11) is 0. The van der Waals surface area contributed by atoms with Gasteiger partial charge in [0.2, 0.25) is 0 Å². The molecule has 27 heavy (non-hydrogen) atoms. The first-order valence-electron chi connectivity index (χ1n) is 9.14. The molecule has 0 saturated carbocycles. The molecule has 3 heterocycles. The molecule has 0 bridgehead atoms. The van der Waals surface area contributed by atoms with Crippen molar-refractivity contribution in [1.82, 2.24) is 19.9 Å². The Labute approximate surface area is 155 Å². The fraction of sp³-hybridized carbons (Fsp3) is 0.300. The maximum absolute atomic E-state index is 13.0. The van der Waals surface area contributed by atoms with Gasteiger partial charge in [-0.15, -0.1) is 5.10 Å². The Hall–Kier alpha value is -3.22. The van der Waals surface area contributed by atoms with Crippen LogP contribution in [-0.4, -0.2) is 38.1 Å². The first-order valence-corrected chi connectivity index (χ1v) is 9.14. The number of aromatic nitrogens is 3. The molecule has 3 aromatic rings. The Balaban J connectivity index is 1.42. The Kier molecular flexibility index (Phi) is 3.67. The molecule has 1 aromatic carbocycles. The van der Waals surface area contributed by atoms with Crippen molar-refractivity contribution in [2.24, 2.45) is 0 Å². The number of para-hydroxylation sites is 1. The molecule has 0 radical (unpaired) electrons. The lowest BCUT2D eigenvalue weighted by Crippen LogP contribution is -2.37. The Morgan fingerprint density at radius 1 is 1.11 bits per heavy atom. The van der Waals surface area contributed by atoms with Crippen molar-refractivity contribution in [2.45, 2.75) is 32.2 Å². The van der Waals surface area contributed by atoms with Crippen molar-refractivity contribution in [1.29, 1.82) is 0 Å². The normalized spacial score (nSPS) is 16.1. The highest BCUT2D eigenvalue weighted by Crippen LogP contribution is 2.29. The molecule has 1 aliphatic heterocycles. The first kappa shape index (κ1) is 16.0. The molecule has 0 spiro atoms. The lowest BCUT2D eigenvalue weighted by atomic mass is 9.93. The summed E-state index contributed by atoms with van der Waals surface area (Å²) in [5.41, 5.74) is 3.64. The maximum Gasteiger partial charge on any atom is 0.258 e. The van der Waals surface area contributed by atoms with E-state index in [1.165, 1.54) is 6.26 Å². The Bertz CT molecular complexity index is 1030. The van der Waals surface area contributed by atoms with Gasteiger partial charge in [0.1, 0.15) is 17.7 Å². The summed E-state index contributed by atoms with van der Waals surface area (Å²) < 4.78 is 7.33. The van der Waals surface area contributed by atoms with E-state index in [9.17, 15) is 9.59 Å². The van der Waals surface area contributed by atoms with Crippen LogP contribution in [0.4, 0.5) is 0 Å². The molecule has 0 fully saturated rings. The monoisotopic (exact) mass is 362 g/mol. The van der Waals surface area contributed by atoms with E-state index in [0.29, 0.717) is 49.2 Å². The number of amides is 1. The van der Waals surface area contributed by atoms with Gasteiger partial charge in [-0.2, -0.15) is 0 Å². The van der Waals surface area contributed by atoms with Crippen LogP contribution in [0, 0.1) is 0 Å². The molecule has 0 saturated heterocycles. The maximum atomic E-state index is 13.0. The SMILES string of the molecule is O=C1CCCc2occ(C(=O)N3CCc4c(nnn4-c4ccccc4)C3)c21. The summed E-state index contributed by atoms with van der Waals surface area (Å²) >= 11 is 0. The van der Waals surface area contributed by atoms with Crippen molar-refractivity contribution in [2.75, 3.05) is 6.54 Å². The van der Waals surface area contributed by atoms with E-state index < -0.39 is 0 Å². The predicted octanol–water partition coefficient (Wildman–Crippen LogP) is 2.58. The van der Waals surface area contributed by atoms with Crippen LogP contribution >= 0.6 is 0 Å². The molecule has 1 aliphatic carbocycles. The second-order valence-corrected chi connectivity index (χ2v) is 6.93. The summed E-state index contributed by atoms with van der Waals surface area (Å²) in [6, 6.07) is 9.84. The molecule has 2 aliphatic rings. The van der Waals surface area contributed by atoms with Gasteiger partial charge in [-0.25, -0.2) is 4.68 Å². The van der Waals surface area contributed by atoms with Crippen molar-refractivity contribution < 1.29 is 14.0 Å². The number of furan rings is 1. The molecule has 0 N–H and O–H groups in total. The second-order valence-electron chi connectivity index (χ2n) is 6.93. The number of rotatable bonds is 2. The highest BCUT2D eigenvalue weighted by molar-refractivity contribution is 6.09. The van der Waals surface area contributed by atoms with Gasteiger partial charge >= 0.3 is 0 Å². The molecular weight excluding hydrogens is 344 g/mol. The van der Waals surface area contributed by atoms with Gasteiger partial charge in [-0.05, 0) is 18.6 Å². The summed E-state index contributed by atoms with van der Waals surface area (Å²) in [5.74, 6) is 0.471. The van der Waals surface area contributed by atoms with Crippen LogP contribution in [0.15, 0.2) is 41.0 Å². The zero-order valence-corrected chi connectivity index (χ0v) is 14.7. The summed E-state index contributed by atoms with van der Waals surface area (Å²) in [4.78, 5) is 27.0. The number of hydrogen-bond donors (Lipinski definition) is 0. The summed E-state index contributed by atoms with van der Waals surface area (Å²) in [5, 5.41) is 8.54. The number of fused-ring (bicyclic) bond motifs is 2. The van der Waals surface area contributed by atoms with E-state index in [4.69, 9.17) is 4.42 Å². The van der Waals surface area contributed by atoms with Crippen LogP contribution in [0.1, 0.15) is 50.7 Å². The van der Waals surface area contributed by atoms with Crippen LogP contribution in [0.5, 0.6) is 0 Å². The third-order valence-corrected chi connectivity index (χ3v) is 5.27. The van der Waals surface area contributed by atoms with Crippen LogP contribution < -0.4 is 0 Å². The molecule has 7 heteroatoms. The fourth-order valence-electron chi connectivity index (χ4n) is 3.91. The number of benzene rings is 1. The van der Waals surface area contributed by atoms with Crippen LogP contribution in [0.25, 0.3) is 5.69 Å². The Morgan fingerprint density at radius 2 is 1.96 bits per heavy atom. The van der Waals surface area contributed by atoms with Gasteiger partial charge in [-0.1, -0.05) is 23.4 Å². The minimum absolute atomic E-state index is 0.000991. The minimum Gasteiger partial charge on any atom is -0.468 e. The van der Waals surface area contributed by atoms with Gasteiger partial charge in [0.15, 0.2) is 5.78 Å². The van der Waals surface area contributed by atoms with Gasteiger partial charge in [-0.3, -0.25) is 9.59 Å². The third kappa shape index (κ3) is 2.58. The third-order valence-electron chi connectivity index (χ3n) is 5.27. The average molecular weight is 362 g/mol. The molecule has 2 aromatic heterocycles. The van der Waals surface area contributed by atoms with E-state index in [0.717, 1.165) is 23.5 Å². The largest absolute Gasteiger partial charge is 0.468 e. The molecule has 5 rings (SSSR count).